The molecule has 9 heteroatoms. The number of rotatable bonds is 6. The van der Waals surface area contributed by atoms with Crippen molar-refractivity contribution in [3.8, 4) is 17.7 Å². The van der Waals surface area contributed by atoms with Crippen LogP contribution in [0.1, 0.15) is 40.1 Å². The Morgan fingerprint density at radius 1 is 1.33 bits per heavy atom. The summed E-state index contributed by atoms with van der Waals surface area (Å²) in [7, 11) is 5.45. The summed E-state index contributed by atoms with van der Waals surface area (Å²) in [6.07, 6.45) is 1.05. The zero-order chi connectivity index (χ0) is 26.4. The van der Waals surface area contributed by atoms with Crippen LogP contribution in [0.5, 0.6) is 5.88 Å². The molecule has 0 unspecified atom stereocenters. The van der Waals surface area contributed by atoms with Crippen LogP contribution in [0.3, 0.4) is 0 Å². The van der Waals surface area contributed by atoms with Crippen LogP contribution in [-0.2, 0) is 0 Å². The lowest BCUT2D eigenvalue weighted by Crippen LogP contribution is -2.50. The summed E-state index contributed by atoms with van der Waals surface area (Å²) in [5.41, 5.74) is 1.07. The Bertz CT molecular complexity index is 1160. The summed E-state index contributed by atoms with van der Waals surface area (Å²) < 4.78 is 19.9. The van der Waals surface area contributed by atoms with E-state index >= 15 is 0 Å². The number of fused-ring (bicyclic) bond motifs is 1. The molecule has 3 rings (SSSR count). The third kappa shape index (κ3) is 6.59. The van der Waals surface area contributed by atoms with Crippen molar-refractivity contribution in [3.05, 3.63) is 59.0 Å². The number of carbonyl (C=O) groups excluding carboxylic acids is 2. The number of hydrogen-bond donors (Lipinski definition) is 1. The number of pyridine rings is 1. The Balaban J connectivity index is 1.93. The van der Waals surface area contributed by atoms with Crippen LogP contribution in [0.25, 0.3) is 0 Å². The Morgan fingerprint density at radius 2 is 2.08 bits per heavy atom. The van der Waals surface area contributed by atoms with Crippen LogP contribution >= 0.6 is 0 Å². The predicted octanol–water partition coefficient (Wildman–Crippen LogP) is 2.13. The number of hydrogen-bond acceptors (Lipinski definition) is 6. The van der Waals surface area contributed by atoms with Gasteiger partial charge < -0.3 is 19.6 Å². The maximum Gasteiger partial charge on any atom is 0.259 e. The lowest BCUT2D eigenvalue weighted by Gasteiger charge is -2.37. The van der Waals surface area contributed by atoms with Crippen LogP contribution in [0.2, 0.25) is 0 Å². The van der Waals surface area contributed by atoms with E-state index in [9.17, 15) is 19.1 Å². The first kappa shape index (κ1) is 27.1. The van der Waals surface area contributed by atoms with E-state index in [-0.39, 0.29) is 47.9 Å². The molecule has 0 saturated heterocycles. The Labute approximate surface area is 211 Å². The molecule has 0 fully saturated rings. The number of likely N-dealkylation sites (N-methyl/N-ethyl adjacent to an activating group) is 1. The van der Waals surface area contributed by atoms with Gasteiger partial charge in [-0.05, 0) is 45.3 Å². The average molecular weight is 497 g/mol. The topological polar surface area (TPSA) is 86.2 Å². The van der Waals surface area contributed by atoms with Crippen LogP contribution in [0, 0.1) is 23.6 Å². The number of amides is 2. The predicted molar refractivity (Wildman–Crippen MR) is 134 cm³/mol. The number of halogens is 1. The van der Waals surface area contributed by atoms with Gasteiger partial charge in [-0.3, -0.25) is 14.5 Å². The highest BCUT2D eigenvalue weighted by Crippen LogP contribution is 2.27. The van der Waals surface area contributed by atoms with Gasteiger partial charge in [-0.25, -0.2) is 9.37 Å². The third-order valence-corrected chi connectivity index (χ3v) is 6.02. The molecular weight excluding hydrogens is 463 g/mol. The van der Waals surface area contributed by atoms with Gasteiger partial charge in [0.05, 0.1) is 25.7 Å². The van der Waals surface area contributed by atoms with Crippen LogP contribution in [-0.4, -0.2) is 96.1 Å². The molecule has 0 spiro atoms. The lowest BCUT2D eigenvalue weighted by atomic mass is 9.99. The monoisotopic (exact) mass is 496 g/mol. The number of benzene rings is 1. The molecule has 1 aliphatic rings. The van der Waals surface area contributed by atoms with Crippen molar-refractivity contribution in [1.29, 1.82) is 0 Å². The fraction of sp³-hybridized carbons (Fsp3) is 0.444. The molecule has 0 bridgehead atoms. The van der Waals surface area contributed by atoms with Gasteiger partial charge >= 0.3 is 0 Å². The molecule has 8 nitrogen and oxygen atoms in total. The molecule has 1 aromatic heterocycles. The standard InChI is InChI=1S/C27H33FN4O4/c1-18-15-32(19(2)17-33)27(35)23-12-20(8-7-11-30(3)4)14-29-25(23)36-24(18)16-31(5)26(34)21-9-6-10-22(28)13-21/h6,9-10,12-14,18-19,24,33H,11,15-17H2,1-5H3/t18-,19+,24-/m0/s1. The van der Waals surface area contributed by atoms with E-state index in [1.54, 1.807) is 37.2 Å². The molecule has 0 aliphatic carbocycles. The average Bonchev–Trinajstić information content (AvgIpc) is 2.85. The van der Waals surface area contributed by atoms with Crippen molar-refractivity contribution in [2.45, 2.75) is 26.0 Å². The number of aromatic nitrogens is 1. The second kappa shape index (κ2) is 12.0. The smallest absolute Gasteiger partial charge is 0.259 e. The maximum atomic E-state index is 13.6. The highest BCUT2D eigenvalue weighted by atomic mass is 19.1. The zero-order valence-corrected chi connectivity index (χ0v) is 21.4. The van der Waals surface area contributed by atoms with E-state index < -0.39 is 18.0 Å². The van der Waals surface area contributed by atoms with Crippen molar-refractivity contribution in [2.24, 2.45) is 5.92 Å². The number of aliphatic hydroxyl groups is 1. The Morgan fingerprint density at radius 3 is 2.75 bits per heavy atom. The summed E-state index contributed by atoms with van der Waals surface area (Å²) in [4.78, 5) is 35.8. The van der Waals surface area contributed by atoms with E-state index in [0.29, 0.717) is 18.7 Å². The van der Waals surface area contributed by atoms with Gasteiger partial charge in [-0.2, -0.15) is 0 Å². The van der Waals surface area contributed by atoms with E-state index in [2.05, 4.69) is 16.8 Å². The molecule has 0 saturated carbocycles. The first-order chi connectivity index (χ1) is 17.1. The molecule has 2 amide bonds. The van der Waals surface area contributed by atoms with Gasteiger partial charge in [0.15, 0.2) is 0 Å². The van der Waals surface area contributed by atoms with E-state index in [4.69, 9.17) is 4.74 Å². The van der Waals surface area contributed by atoms with Gasteiger partial charge in [0.1, 0.15) is 17.5 Å². The highest BCUT2D eigenvalue weighted by molar-refractivity contribution is 5.97. The number of ether oxygens (including phenoxy) is 1. The first-order valence-electron chi connectivity index (χ1n) is 11.8. The van der Waals surface area contributed by atoms with Crippen LogP contribution in [0.15, 0.2) is 36.5 Å². The number of nitrogens with zero attached hydrogens (tertiary/aromatic N) is 4. The molecule has 1 aliphatic heterocycles. The number of carbonyl (C=O) groups is 2. The van der Waals surface area contributed by atoms with E-state index in [0.717, 1.165) is 0 Å². The second-order valence-corrected chi connectivity index (χ2v) is 9.43. The molecule has 0 radical (unpaired) electrons. The summed E-state index contributed by atoms with van der Waals surface area (Å²) in [5, 5.41) is 9.81. The molecule has 192 valence electrons. The quantitative estimate of drug-likeness (QED) is 0.617. The molecule has 2 aromatic rings. The minimum atomic E-state index is -0.508. The van der Waals surface area contributed by atoms with Crippen molar-refractivity contribution in [2.75, 3.05) is 47.4 Å². The fourth-order valence-electron chi connectivity index (χ4n) is 3.88. The summed E-state index contributed by atoms with van der Waals surface area (Å²) in [6, 6.07) is 6.75. The molecule has 36 heavy (non-hydrogen) atoms. The molecule has 1 aromatic carbocycles. The molecule has 3 atom stereocenters. The van der Waals surface area contributed by atoms with Crippen LogP contribution in [0.4, 0.5) is 4.39 Å². The van der Waals surface area contributed by atoms with Crippen LogP contribution < -0.4 is 4.74 Å². The fourth-order valence-corrected chi connectivity index (χ4v) is 3.88. The maximum absolute atomic E-state index is 13.6. The SMILES string of the molecule is C[C@H](CO)N1C[C@H](C)[C@H](CN(C)C(=O)c2cccc(F)c2)Oc2ncc(C#CCN(C)C)cc2C1=O. The Hall–Kier alpha value is -3.48. The van der Waals surface area contributed by atoms with Gasteiger partial charge in [0.25, 0.3) is 11.8 Å². The minimum absolute atomic E-state index is 0.149. The van der Waals surface area contributed by atoms with E-state index in [1.807, 2.05) is 25.9 Å². The summed E-state index contributed by atoms with van der Waals surface area (Å²) in [6.45, 7) is 4.55. The molecular formula is C27H33FN4O4. The molecule has 2 heterocycles. The number of aliphatic hydroxyl groups excluding tert-OH is 1. The largest absolute Gasteiger partial charge is 0.472 e. The van der Waals surface area contributed by atoms with Crippen molar-refractivity contribution < 1.29 is 23.8 Å². The summed E-state index contributed by atoms with van der Waals surface area (Å²) in [5.74, 6) is 4.87. The molecule has 1 N–H and O–H groups in total. The normalized spacial score (nSPS) is 18.3. The van der Waals surface area contributed by atoms with Gasteiger partial charge in [-0.1, -0.05) is 24.8 Å². The van der Waals surface area contributed by atoms with Gasteiger partial charge in [-0.15, -0.1) is 0 Å². The van der Waals surface area contributed by atoms with Gasteiger partial charge in [0.2, 0.25) is 5.88 Å². The highest BCUT2D eigenvalue weighted by Gasteiger charge is 2.34. The second-order valence-electron chi connectivity index (χ2n) is 9.43. The minimum Gasteiger partial charge on any atom is -0.472 e. The summed E-state index contributed by atoms with van der Waals surface area (Å²) >= 11 is 0. The Kier molecular flexibility index (Phi) is 9.02. The van der Waals surface area contributed by atoms with Crippen molar-refractivity contribution in [1.82, 2.24) is 19.7 Å². The lowest BCUT2D eigenvalue weighted by molar-refractivity contribution is 0.0313. The zero-order valence-electron chi connectivity index (χ0n) is 21.4. The van der Waals surface area contributed by atoms with Crippen molar-refractivity contribution >= 4 is 11.8 Å². The van der Waals surface area contributed by atoms with Gasteiger partial charge in [0, 0.05) is 36.8 Å². The van der Waals surface area contributed by atoms with Crippen molar-refractivity contribution in [3.63, 3.8) is 0 Å². The third-order valence-electron chi connectivity index (χ3n) is 6.02. The first-order valence-corrected chi connectivity index (χ1v) is 11.8. The van der Waals surface area contributed by atoms with E-state index in [1.165, 1.54) is 23.1 Å².